The second kappa shape index (κ2) is 4.19. The Morgan fingerprint density at radius 2 is 2.14 bits per heavy atom. The van der Waals surface area contributed by atoms with E-state index in [-0.39, 0.29) is 0 Å². The maximum atomic E-state index is 5.98. The van der Waals surface area contributed by atoms with E-state index in [1.54, 1.807) is 0 Å². The van der Waals surface area contributed by atoms with Crippen LogP contribution in [-0.2, 0) is 0 Å². The smallest absolute Gasteiger partial charge is 0.0332 e. The van der Waals surface area contributed by atoms with Crippen molar-refractivity contribution in [2.24, 2.45) is 17.6 Å². The van der Waals surface area contributed by atoms with Crippen LogP contribution >= 0.6 is 0 Å². The van der Waals surface area contributed by atoms with E-state index >= 15 is 0 Å². The summed E-state index contributed by atoms with van der Waals surface area (Å²) in [5, 5.41) is 3.78. The zero-order valence-corrected chi connectivity index (χ0v) is 9.39. The molecule has 82 valence electrons. The lowest BCUT2D eigenvalue weighted by Crippen LogP contribution is -2.54. The number of hydrogen-bond donors (Lipinski definition) is 2. The first-order valence-electron chi connectivity index (χ1n) is 6.26. The molecule has 0 aromatic rings. The van der Waals surface area contributed by atoms with Crippen LogP contribution in [0.5, 0.6) is 0 Å². The predicted molar refractivity (Wildman–Crippen MR) is 60.1 cm³/mol. The van der Waals surface area contributed by atoms with Gasteiger partial charge in [-0.2, -0.15) is 0 Å². The molecular weight excluding hydrogens is 172 g/mol. The number of hydrogen-bond acceptors (Lipinski definition) is 2. The van der Waals surface area contributed by atoms with Crippen LogP contribution in [0, 0.1) is 11.8 Å². The van der Waals surface area contributed by atoms with Crippen molar-refractivity contribution in [3.05, 3.63) is 0 Å². The predicted octanol–water partition coefficient (Wildman–Crippen LogP) is 1.89. The molecule has 14 heavy (non-hydrogen) atoms. The molecule has 0 saturated heterocycles. The Morgan fingerprint density at radius 1 is 1.36 bits per heavy atom. The summed E-state index contributed by atoms with van der Waals surface area (Å²) in [6.07, 6.45) is 8.21. The highest BCUT2D eigenvalue weighted by atomic mass is 15.0. The second-order valence-electron chi connectivity index (χ2n) is 5.18. The molecule has 0 aromatic heterocycles. The molecule has 2 unspecified atom stereocenters. The fourth-order valence-corrected chi connectivity index (χ4v) is 2.98. The first kappa shape index (κ1) is 10.4. The Labute approximate surface area is 87.6 Å². The Hall–Kier alpha value is -0.0800. The minimum absolute atomic E-state index is 0.303. The number of rotatable bonds is 5. The van der Waals surface area contributed by atoms with Gasteiger partial charge in [-0.3, -0.25) is 0 Å². The van der Waals surface area contributed by atoms with Gasteiger partial charge in [0.25, 0.3) is 0 Å². The van der Waals surface area contributed by atoms with Gasteiger partial charge >= 0.3 is 0 Å². The van der Waals surface area contributed by atoms with Gasteiger partial charge in [0, 0.05) is 12.1 Å². The highest BCUT2D eigenvalue weighted by molar-refractivity contribution is 5.00. The molecule has 3 N–H and O–H groups in total. The molecular formula is C12H24N2. The molecule has 0 spiro atoms. The molecule has 2 rings (SSSR count). The summed E-state index contributed by atoms with van der Waals surface area (Å²) in [6.45, 7) is 4.35. The molecule has 0 heterocycles. The molecule has 0 aromatic carbocycles. The first-order chi connectivity index (χ1) is 6.80. The van der Waals surface area contributed by atoms with E-state index in [9.17, 15) is 0 Å². The van der Waals surface area contributed by atoms with Crippen LogP contribution in [0.3, 0.4) is 0 Å². The minimum Gasteiger partial charge on any atom is -0.329 e. The Morgan fingerprint density at radius 3 is 2.71 bits per heavy atom. The normalized spacial score (nSPS) is 37.7. The third-order valence-electron chi connectivity index (χ3n) is 4.25. The van der Waals surface area contributed by atoms with E-state index in [4.69, 9.17) is 5.73 Å². The van der Waals surface area contributed by atoms with Crippen LogP contribution in [0.15, 0.2) is 0 Å². The monoisotopic (exact) mass is 196 g/mol. The molecule has 0 aliphatic heterocycles. The van der Waals surface area contributed by atoms with Crippen LogP contribution in [0.4, 0.5) is 0 Å². The Kier molecular flexibility index (Phi) is 3.13. The lowest BCUT2D eigenvalue weighted by Gasteiger charge is -2.35. The Bertz CT molecular complexity index is 189. The fraction of sp³-hybridized carbons (Fsp3) is 1.00. The van der Waals surface area contributed by atoms with Crippen molar-refractivity contribution in [1.82, 2.24) is 5.32 Å². The maximum absolute atomic E-state index is 5.98. The van der Waals surface area contributed by atoms with Crippen molar-refractivity contribution < 1.29 is 0 Å². The van der Waals surface area contributed by atoms with Gasteiger partial charge in [0.05, 0.1) is 0 Å². The summed E-state index contributed by atoms with van der Waals surface area (Å²) in [7, 11) is 0. The van der Waals surface area contributed by atoms with Crippen molar-refractivity contribution in [2.75, 3.05) is 13.1 Å². The largest absolute Gasteiger partial charge is 0.329 e. The lowest BCUT2D eigenvalue weighted by atomic mass is 9.85. The van der Waals surface area contributed by atoms with E-state index in [2.05, 4.69) is 12.2 Å². The lowest BCUT2D eigenvalue weighted by molar-refractivity contribution is 0.242. The van der Waals surface area contributed by atoms with Gasteiger partial charge in [-0.05, 0) is 44.1 Å². The van der Waals surface area contributed by atoms with Gasteiger partial charge in [-0.1, -0.05) is 19.8 Å². The van der Waals surface area contributed by atoms with Gasteiger partial charge < -0.3 is 11.1 Å². The average Bonchev–Trinajstić information content (AvgIpc) is 2.95. The fourth-order valence-electron chi connectivity index (χ4n) is 2.98. The molecule has 0 amide bonds. The summed E-state index contributed by atoms with van der Waals surface area (Å²) in [5.74, 6) is 1.79. The van der Waals surface area contributed by atoms with Crippen molar-refractivity contribution >= 4 is 0 Å². The second-order valence-corrected chi connectivity index (χ2v) is 5.18. The van der Waals surface area contributed by atoms with Crippen molar-refractivity contribution in [1.29, 1.82) is 0 Å². The summed E-state index contributed by atoms with van der Waals surface area (Å²) in [5.41, 5.74) is 6.28. The SMILES string of the molecule is CCC1CCCC1(CN)NCC1CC1. The quantitative estimate of drug-likeness (QED) is 0.705. The molecule has 2 atom stereocenters. The zero-order chi connectivity index (χ0) is 10.0. The van der Waals surface area contributed by atoms with Crippen molar-refractivity contribution in [2.45, 2.75) is 51.0 Å². The highest BCUT2D eigenvalue weighted by Gasteiger charge is 2.41. The van der Waals surface area contributed by atoms with Gasteiger partial charge in [0.2, 0.25) is 0 Å². The topological polar surface area (TPSA) is 38.0 Å². The summed E-state index contributed by atoms with van der Waals surface area (Å²) in [4.78, 5) is 0. The third kappa shape index (κ3) is 1.96. The van der Waals surface area contributed by atoms with E-state index in [0.29, 0.717) is 5.54 Å². The van der Waals surface area contributed by atoms with Gasteiger partial charge in [0.1, 0.15) is 0 Å². The van der Waals surface area contributed by atoms with Crippen molar-refractivity contribution in [3.63, 3.8) is 0 Å². The zero-order valence-electron chi connectivity index (χ0n) is 9.39. The van der Waals surface area contributed by atoms with E-state index in [1.807, 2.05) is 0 Å². The molecule has 2 heteroatoms. The Balaban J connectivity index is 1.91. The molecule has 2 fully saturated rings. The van der Waals surface area contributed by atoms with E-state index < -0.39 is 0 Å². The van der Waals surface area contributed by atoms with Crippen LogP contribution in [0.25, 0.3) is 0 Å². The molecule has 2 aliphatic rings. The number of nitrogens with one attached hydrogen (secondary N) is 1. The summed E-state index contributed by atoms with van der Waals surface area (Å²) >= 11 is 0. The molecule has 0 radical (unpaired) electrons. The molecule has 2 aliphatic carbocycles. The van der Waals surface area contributed by atoms with Crippen LogP contribution in [-0.4, -0.2) is 18.6 Å². The van der Waals surface area contributed by atoms with E-state index in [1.165, 1.54) is 45.1 Å². The third-order valence-corrected chi connectivity index (χ3v) is 4.25. The maximum Gasteiger partial charge on any atom is 0.0332 e. The van der Waals surface area contributed by atoms with Gasteiger partial charge in [-0.15, -0.1) is 0 Å². The first-order valence-corrected chi connectivity index (χ1v) is 6.26. The minimum atomic E-state index is 0.303. The molecule has 2 saturated carbocycles. The van der Waals surface area contributed by atoms with Gasteiger partial charge in [-0.25, -0.2) is 0 Å². The van der Waals surface area contributed by atoms with Crippen molar-refractivity contribution in [3.8, 4) is 0 Å². The molecule has 0 bridgehead atoms. The number of nitrogens with two attached hydrogens (primary N) is 1. The summed E-state index contributed by atoms with van der Waals surface area (Å²) < 4.78 is 0. The van der Waals surface area contributed by atoms with E-state index in [0.717, 1.165) is 18.4 Å². The summed E-state index contributed by atoms with van der Waals surface area (Å²) in [6, 6.07) is 0. The molecule has 2 nitrogen and oxygen atoms in total. The van der Waals surface area contributed by atoms with Crippen LogP contribution in [0.2, 0.25) is 0 Å². The van der Waals surface area contributed by atoms with Gasteiger partial charge in [0.15, 0.2) is 0 Å². The highest BCUT2D eigenvalue weighted by Crippen LogP contribution is 2.38. The standard InChI is InChI=1S/C12H24N2/c1-2-11-4-3-7-12(11,9-13)14-8-10-5-6-10/h10-11,14H,2-9,13H2,1H3. The van der Waals surface area contributed by atoms with Crippen LogP contribution < -0.4 is 11.1 Å². The average molecular weight is 196 g/mol. The van der Waals surface area contributed by atoms with Crippen LogP contribution in [0.1, 0.15) is 45.4 Å².